The first kappa shape index (κ1) is 19.3. The van der Waals surface area contributed by atoms with E-state index in [1.54, 1.807) is 32.2 Å². The molecule has 0 radical (unpaired) electrons. The second-order valence-electron chi connectivity index (χ2n) is 7.95. The van der Waals surface area contributed by atoms with Gasteiger partial charge in [0.25, 0.3) is 5.91 Å². The predicted octanol–water partition coefficient (Wildman–Crippen LogP) is 5.00. The summed E-state index contributed by atoms with van der Waals surface area (Å²) in [5.41, 5.74) is 1.02. The summed E-state index contributed by atoms with van der Waals surface area (Å²) < 4.78 is 16.9. The Labute approximate surface area is 187 Å². The van der Waals surface area contributed by atoms with E-state index in [9.17, 15) is 9.59 Å². The summed E-state index contributed by atoms with van der Waals surface area (Å²) in [5, 5.41) is 6.19. The number of aromatic nitrogens is 1. The number of amides is 1. The summed E-state index contributed by atoms with van der Waals surface area (Å²) in [5.74, 6) is 0.933. The fourth-order valence-electron chi connectivity index (χ4n) is 4.63. The van der Waals surface area contributed by atoms with Crippen molar-refractivity contribution in [3.05, 3.63) is 99.6 Å². The van der Waals surface area contributed by atoms with Gasteiger partial charge in [0, 0.05) is 11.6 Å². The Bertz CT molecular complexity index is 1630. The number of ether oxygens (including phenoxy) is 1. The molecule has 3 heterocycles. The molecule has 1 unspecified atom stereocenters. The van der Waals surface area contributed by atoms with Crippen LogP contribution in [0.4, 0.5) is 5.82 Å². The van der Waals surface area contributed by atoms with E-state index < -0.39 is 11.9 Å². The number of hydrogen-bond acceptors (Lipinski definition) is 6. The zero-order valence-electron chi connectivity index (χ0n) is 17.9. The van der Waals surface area contributed by atoms with Crippen LogP contribution in [0, 0.1) is 6.92 Å². The zero-order valence-corrected chi connectivity index (χ0v) is 17.9. The van der Waals surface area contributed by atoms with Crippen LogP contribution in [-0.2, 0) is 0 Å². The van der Waals surface area contributed by atoms with Gasteiger partial charge in [0.15, 0.2) is 11.2 Å². The standard InChI is InChI=1S/C26H18N2O5/c1-14-13-20(27-33-14)28-23(17-9-5-6-10-18(17)31-2)22-24(29)21-16-8-4-3-7-15(16)11-12-19(21)32-25(22)26(28)30/h3-13,23H,1-2H3. The first-order valence-corrected chi connectivity index (χ1v) is 10.5. The monoisotopic (exact) mass is 438 g/mol. The summed E-state index contributed by atoms with van der Waals surface area (Å²) in [4.78, 5) is 29.1. The number of rotatable bonds is 3. The second-order valence-corrected chi connectivity index (χ2v) is 7.95. The maximum absolute atomic E-state index is 14.0. The van der Waals surface area contributed by atoms with Gasteiger partial charge < -0.3 is 13.7 Å². The Morgan fingerprint density at radius 1 is 1.00 bits per heavy atom. The number of anilines is 1. The van der Waals surface area contributed by atoms with Crippen LogP contribution >= 0.6 is 0 Å². The topological polar surface area (TPSA) is 85.8 Å². The average molecular weight is 438 g/mol. The third kappa shape index (κ3) is 2.72. The van der Waals surface area contributed by atoms with Crippen molar-refractivity contribution >= 4 is 33.5 Å². The van der Waals surface area contributed by atoms with Crippen LogP contribution < -0.4 is 15.1 Å². The molecule has 0 fully saturated rings. The minimum atomic E-state index is -0.784. The lowest BCUT2D eigenvalue weighted by molar-refractivity contribution is 0.0969. The average Bonchev–Trinajstić information content (AvgIpc) is 3.39. The normalized spacial score (nSPS) is 15.4. The Hall–Kier alpha value is -4.39. The Morgan fingerprint density at radius 3 is 2.58 bits per heavy atom. The van der Waals surface area contributed by atoms with Crippen LogP contribution in [0.25, 0.3) is 21.7 Å². The molecule has 1 aliphatic rings. The van der Waals surface area contributed by atoms with Crippen LogP contribution in [-0.4, -0.2) is 18.2 Å². The van der Waals surface area contributed by atoms with Gasteiger partial charge in [-0.25, -0.2) is 0 Å². The van der Waals surface area contributed by atoms with E-state index in [1.807, 2.05) is 48.5 Å². The molecule has 0 bridgehead atoms. The molecular weight excluding hydrogens is 420 g/mol. The first-order valence-electron chi connectivity index (χ1n) is 10.5. The van der Waals surface area contributed by atoms with E-state index in [4.69, 9.17) is 13.7 Å². The van der Waals surface area contributed by atoms with Gasteiger partial charge in [-0.05, 0) is 29.8 Å². The number of aryl methyl sites for hydroxylation is 1. The van der Waals surface area contributed by atoms with E-state index in [-0.39, 0.29) is 16.8 Å². The molecule has 1 atom stereocenters. The maximum atomic E-state index is 14.0. The molecule has 3 aromatic carbocycles. The highest BCUT2D eigenvalue weighted by Crippen LogP contribution is 2.44. The van der Waals surface area contributed by atoms with E-state index in [1.165, 1.54) is 4.90 Å². The number of para-hydroxylation sites is 1. The molecule has 162 valence electrons. The molecular formula is C26H18N2O5. The number of methoxy groups -OCH3 is 1. The van der Waals surface area contributed by atoms with Crippen molar-refractivity contribution in [2.75, 3.05) is 12.0 Å². The fraction of sp³-hybridized carbons (Fsp3) is 0.115. The Morgan fingerprint density at radius 2 is 1.79 bits per heavy atom. The Balaban J connectivity index is 1.72. The number of carbonyl (C=O) groups is 1. The molecule has 0 saturated heterocycles. The van der Waals surface area contributed by atoms with Crippen LogP contribution in [0.15, 0.2) is 80.5 Å². The molecule has 0 saturated carbocycles. The fourth-order valence-corrected chi connectivity index (χ4v) is 4.63. The molecule has 1 amide bonds. The minimum Gasteiger partial charge on any atom is -0.496 e. The SMILES string of the molecule is COc1ccccc1C1c2c(oc3ccc4ccccc4c3c2=O)C(=O)N1c1cc(C)on1. The lowest BCUT2D eigenvalue weighted by Gasteiger charge is -2.23. The minimum absolute atomic E-state index is 0.000611. The van der Waals surface area contributed by atoms with Gasteiger partial charge in [0.2, 0.25) is 5.76 Å². The van der Waals surface area contributed by atoms with Crippen molar-refractivity contribution in [3.63, 3.8) is 0 Å². The van der Waals surface area contributed by atoms with Crippen molar-refractivity contribution in [2.45, 2.75) is 13.0 Å². The van der Waals surface area contributed by atoms with Crippen molar-refractivity contribution in [2.24, 2.45) is 0 Å². The largest absolute Gasteiger partial charge is 0.496 e. The van der Waals surface area contributed by atoms with Gasteiger partial charge in [-0.3, -0.25) is 14.5 Å². The highest BCUT2D eigenvalue weighted by molar-refractivity contribution is 6.12. The van der Waals surface area contributed by atoms with Crippen LogP contribution in [0.3, 0.4) is 0 Å². The van der Waals surface area contributed by atoms with Gasteiger partial charge in [0.05, 0.1) is 18.1 Å². The number of hydrogen-bond donors (Lipinski definition) is 0. The number of carbonyl (C=O) groups excluding carboxylic acids is 1. The molecule has 0 spiro atoms. The van der Waals surface area contributed by atoms with Crippen LogP contribution in [0.5, 0.6) is 5.75 Å². The lowest BCUT2D eigenvalue weighted by Crippen LogP contribution is -2.30. The predicted molar refractivity (Wildman–Crippen MR) is 123 cm³/mol. The molecule has 5 aromatic rings. The van der Waals surface area contributed by atoms with E-state index in [0.29, 0.717) is 33.9 Å². The van der Waals surface area contributed by atoms with E-state index >= 15 is 0 Å². The molecule has 2 aromatic heterocycles. The van der Waals surface area contributed by atoms with Gasteiger partial charge in [0.1, 0.15) is 23.1 Å². The highest BCUT2D eigenvalue weighted by atomic mass is 16.5. The van der Waals surface area contributed by atoms with Crippen molar-refractivity contribution < 1.29 is 18.5 Å². The molecule has 7 nitrogen and oxygen atoms in total. The van der Waals surface area contributed by atoms with E-state index in [0.717, 1.165) is 10.8 Å². The number of nitrogens with zero attached hydrogens (tertiary/aromatic N) is 2. The number of benzene rings is 3. The zero-order chi connectivity index (χ0) is 22.7. The van der Waals surface area contributed by atoms with Crippen molar-refractivity contribution in [3.8, 4) is 5.75 Å². The van der Waals surface area contributed by atoms with Gasteiger partial charge in [-0.2, -0.15) is 0 Å². The van der Waals surface area contributed by atoms with E-state index in [2.05, 4.69) is 5.16 Å². The molecule has 1 aliphatic heterocycles. The van der Waals surface area contributed by atoms with Crippen LogP contribution in [0.2, 0.25) is 0 Å². The van der Waals surface area contributed by atoms with Crippen molar-refractivity contribution in [1.29, 1.82) is 0 Å². The van der Waals surface area contributed by atoms with Gasteiger partial charge in [-0.1, -0.05) is 53.7 Å². The number of fused-ring (bicyclic) bond motifs is 4. The summed E-state index contributed by atoms with van der Waals surface area (Å²) in [6.45, 7) is 1.74. The van der Waals surface area contributed by atoms with Gasteiger partial charge in [-0.15, -0.1) is 0 Å². The van der Waals surface area contributed by atoms with Crippen molar-refractivity contribution in [1.82, 2.24) is 5.16 Å². The third-order valence-corrected chi connectivity index (χ3v) is 6.06. The summed E-state index contributed by atoms with van der Waals surface area (Å²) in [7, 11) is 1.55. The van der Waals surface area contributed by atoms with Crippen LogP contribution in [0.1, 0.15) is 33.5 Å². The summed E-state index contributed by atoms with van der Waals surface area (Å²) in [6.07, 6.45) is 0. The molecule has 7 heteroatoms. The second kappa shape index (κ2) is 7.06. The maximum Gasteiger partial charge on any atom is 0.296 e. The first-order chi connectivity index (χ1) is 16.1. The van der Waals surface area contributed by atoms with Gasteiger partial charge >= 0.3 is 0 Å². The molecule has 0 aliphatic carbocycles. The Kier molecular flexibility index (Phi) is 4.13. The molecule has 6 rings (SSSR count). The molecule has 0 N–H and O–H groups in total. The summed E-state index contributed by atoms with van der Waals surface area (Å²) in [6, 6.07) is 19.4. The highest BCUT2D eigenvalue weighted by Gasteiger charge is 2.46. The lowest BCUT2D eigenvalue weighted by atomic mass is 9.96. The molecule has 33 heavy (non-hydrogen) atoms. The smallest absolute Gasteiger partial charge is 0.296 e. The summed E-state index contributed by atoms with van der Waals surface area (Å²) >= 11 is 0. The quantitative estimate of drug-likeness (QED) is 0.369. The third-order valence-electron chi connectivity index (χ3n) is 6.06.